The number of hydrogen-bond acceptors (Lipinski definition) is 4. The van der Waals surface area contributed by atoms with Crippen molar-refractivity contribution in [1.82, 2.24) is 24.1 Å². The van der Waals surface area contributed by atoms with Gasteiger partial charge in [-0.25, -0.2) is 14.5 Å². The molecule has 0 spiro atoms. The van der Waals surface area contributed by atoms with E-state index < -0.39 is 0 Å². The average Bonchev–Trinajstić information content (AvgIpc) is 3.14. The van der Waals surface area contributed by atoms with E-state index in [1.807, 2.05) is 18.2 Å². The Morgan fingerprint density at radius 2 is 2.00 bits per heavy atom. The van der Waals surface area contributed by atoms with Crippen molar-refractivity contribution in [3.05, 3.63) is 47.7 Å². The lowest BCUT2D eigenvalue weighted by molar-refractivity contribution is 0.414. The lowest BCUT2D eigenvalue weighted by atomic mass is 10.2. The van der Waals surface area contributed by atoms with Gasteiger partial charge in [0.15, 0.2) is 17.1 Å². The van der Waals surface area contributed by atoms with Gasteiger partial charge in [0.25, 0.3) is 0 Å². The Labute approximate surface area is 139 Å². The van der Waals surface area contributed by atoms with Crippen molar-refractivity contribution in [1.29, 1.82) is 0 Å². The van der Waals surface area contributed by atoms with Crippen LogP contribution in [0.25, 0.3) is 22.4 Å². The Morgan fingerprint density at radius 3 is 2.75 bits per heavy atom. The van der Waals surface area contributed by atoms with E-state index in [1.165, 1.54) is 5.56 Å². The van der Waals surface area contributed by atoms with Crippen LogP contribution in [0.4, 0.5) is 0 Å². The first-order valence-electron chi connectivity index (χ1n) is 8.00. The number of methoxy groups -OCH3 is 1. The van der Waals surface area contributed by atoms with Gasteiger partial charge in [-0.3, -0.25) is 4.57 Å². The standard InChI is InChI=1S/C18H19N5O/c1-5-15-20-18-16-11(2)12(3)23(17(16)19-10-22(18)21-15)13-7-6-8-14(9-13)24-4/h6-10H,5H2,1-4H3. The van der Waals surface area contributed by atoms with E-state index in [-0.39, 0.29) is 0 Å². The van der Waals surface area contributed by atoms with Crippen molar-refractivity contribution in [3.8, 4) is 11.4 Å². The number of hydrogen-bond donors (Lipinski definition) is 0. The molecule has 0 aliphatic rings. The fourth-order valence-electron chi connectivity index (χ4n) is 3.12. The summed E-state index contributed by atoms with van der Waals surface area (Å²) < 4.78 is 9.28. The predicted molar refractivity (Wildman–Crippen MR) is 93.0 cm³/mol. The highest BCUT2D eigenvalue weighted by Gasteiger charge is 2.18. The first-order valence-corrected chi connectivity index (χ1v) is 8.00. The molecule has 0 N–H and O–H groups in total. The van der Waals surface area contributed by atoms with Crippen LogP contribution in [0.3, 0.4) is 0 Å². The molecule has 1 aromatic carbocycles. The summed E-state index contributed by atoms with van der Waals surface area (Å²) in [6.07, 6.45) is 2.54. The molecular formula is C18H19N5O. The molecule has 3 heterocycles. The highest BCUT2D eigenvalue weighted by Crippen LogP contribution is 2.30. The summed E-state index contributed by atoms with van der Waals surface area (Å²) in [5.74, 6) is 1.65. The molecule has 0 atom stereocenters. The Morgan fingerprint density at radius 1 is 1.17 bits per heavy atom. The van der Waals surface area contributed by atoms with Crippen molar-refractivity contribution in [2.75, 3.05) is 7.11 Å². The van der Waals surface area contributed by atoms with Gasteiger partial charge in [-0.2, -0.15) is 0 Å². The first kappa shape index (κ1) is 14.7. The molecule has 0 aliphatic carbocycles. The van der Waals surface area contributed by atoms with E-state index in [2.05, 4.69) is 46.5 Å². The van der Waals surface area contributed by atoms with Crippen molar-refractivity contribution in [2.45, 2.75) is 27.2 Å². The average molecular weight is 321 g/mol. The Hall–Kier alpha value is -2.89. The molecule has 0 unspecified atom stereocenters. The zero-order valence-corrected chi connectivity index (χ0v) is 14.2. The minimum absolute atomic E-state index is 0.803. The molecule has 122 valence electrons. The minimum atomic E-state index is 0.803. The number of nitrogens with zero attached hydrogens (tertiary/aromatic N) is 5. The zero-order chi connectivity index (χ0) is 16.8. The van der Waals surface area contributed by atoms with E-state index in [1.54, 1.807) is 18.0 Å². The monoisotopic (exact) mass is 321 g/mol. The fourth-order valence-corrected chi connectivity index (χ4v) is 3.12. The maximum absolute atomic E-state index is 5.36. The second kappa shape index (κ2) is 5.33. The molecular weight excluding hydrogens is 302 g/mol. The summed E-state index contributed by atoms with van der Waals surface area (Å²) in [6, 6.07) is 8.00. The van der Waals surface area contributed by atoms with Crippen LogP contribution in [0.2, 0.25) is 0 Å². The molecule has 0 fully saturated rings. The van der Waals surface area contributed by atoms with Crippen molar-refractivity contribution in [2.24, 2.45) is 0 Å². The van der Waals surface area contributed by atoms with Crippen molar-refractivity contribution < 1.29 is 4.74 Å². The van der Waals surface area contributed by atoms with Crippen LogP contribution in [0.1, 0.15) is 24.0 Å². The van der Waals surface area contributed by atoms with Gasteiger partial charge < -0.3 is 4.74 Å². The third-order valence-electron chi connectivity index (χ3n) is 4.50. The molecule has 0 bridgehead atoms. The molecule has 0 amide bonds. The van der Waals surface area contributed by atoms with E-state index >= 15 is 0 Å². The lowest BCUT2D eigenvalue weighted by Crippen LogP contribution is -1.99. The number of fused-ring (bicyclic) bond motifs is 3. The van der Waals surface area contributed by atoms with Crippen LogP contribution in [0.15, 0.2) is 30.6 Å². The maximum atomic E-state index is 5.36. The number of rotatable bonds is 3. The smallest absolute Gasteiger partial charge is 0.168 e. The number of aryl methyl sites for hydroxylation is 2. The molecule has 0 saturated carbocycles. The molecule has 0 saturated heterocycles. The van der Waals surface area contributed by atoms with Gasteiger partial charge >= 0.3 is 0 Å². The van der Waals surface area contributed by atoms with Gasteiger partial charge in [-0.1, -0.05) is 13.0 Å². The summed E-state index contributed by atoms with van der Waals surface area (Å²) >= 11 is 0. The molecule has 24 heavy (non-hydrogen) atoms. The van der Waals surface area contributed by atoms with Gasteiger partial charge in [0.05, 0.1) is 18.2 Å². The van der Waals surface area contributed by atoms with Crippen LogP contribution < -0.4 is 4.74 Å². The topological polar surface area (TPSA) is 57.2 Å². The number of benzene rings is 1. The third kappa shape index (κ3) is 1.99. The van der Waals surface area contributed by atoms with Gasteiger partial charge in [-0.05, 0) is 31.5 Å². The van der Waals surface area contributed by atoms with Crippen LogP contribution in [-0.4, -0.2) is 31.3 Å². The maximum Gasteiger partial charge on any atom is 0.168 e. The second-order valence-corrected chi connectivity index (χ2v) is 5.84. The van der Waals surface area contributed by atoms with Crippen LogP contribution in [0, 0.1) is 13.8 Å². The fraction of sp³-hybridized carbons (Fsp3) is 0.278. The molecule has 0 aliphatic heterocycles. The third-order valence-corrected chi connectivity index (χ3v) is 4.50. The second-order valence-electron chi connectivity index (χ2n) is 5.84. The van der Waals surface area contributed by atoms with Crippen LogP contribution in [0.5, 0.6) is 5.75 Å². The van der Waals surface area contributed by atoms with Gasteiger partial charge in [-0.15, -0.1) is 5.10 Å². The Bertz CT molecular complexity index is 1060. The molecule has 3 aromatic heterocycles. The summed E-state index contributed by atoms with van der Waals surface area (Å²) in [5, 5.41) is 5.52. The molecule has 4 rings (SSSR count). The lowest BCUT2D eigenvalue weighted by Gasteiger charge is -2.09. The molecule has 0 radical (unpaired) electrons. The predicted octanol–water partition coefficient (Wildman–Crippen LogP) is 3.26. The van der Waals surface area contributed by atoms with E-state index in [4.69, 9.17) is 4.74 Å². The van der Waals surface area contributed by atoms with Crippen LogP contribution in [-0.2, 0) is 6.42 Å². The molecule has 6 heteroatoms. The summed E-state index contributed by atoms with van der Waals surface area (Å²) in [7, 11) is 1.68. The van der Waals surface area contributed by atoms with E-state index in [0.717, 1.165) is 46.1 Å². The van der Waals surface area contributed by atoms with Gasteiger partial charge in [0.1, 0.15) is 12.1 Å². The Balaban J connectivity index is 2.08. The SMILES string of the molecule is CCc1nc2c3c(C)c(C)n(-c4cccc(OC)c4)c3ncn2n1. The Kier molecular flexibility index (Phi) is 3.26. The first-order chi connectivity index (χ1) is 11.6. The van der Waals surface area contributed by atoms with Gasteiger partial charge in [0, 0.05) is 18.2 Å². The minimum Gasteiger partial charge on any atom is -0.497 e. The molecule has 4 aromatic rings. The molecule has 6 nitrogen and oxygen atoms in total. The number of ether oxygens (including phenoxy) is 1. The van der Waals surface area contributed by atoms with E-state index in [9.17, 15) is 0 Å². The largest absolute Gasteiger partial charge is 0.497 e. The highest BCUT2D eigenvalue weighted by molar-refractivity contribution is 5.95. The highest BCUT2D eigenvalue weighted by atomic mass is 16.5. The summed E-state index contributed by atoms with van der Waals surface area (Å²) in [6.45, 7) is 6.26. The van der Waals surface area contributed by atoms with Crippen molar-refractivity contribution >= 4 is 16.7 Å². The number of aromatic nitrogens is 5. The normalized spacial score (nSPS) is 11.5. The quantitative estimate of drug-likeness (QED) is 0.581. The summed E-state index contributed by atoms with van der Waals surface area (Å²) in [4.78, 5) is 9.33. The summed E-state index contributed by atoms with van der Waals surface area (Å²) in [5.41, 5.74) is 5.08. The zero-order valence-electron chi connectivity index (χ0n) is 14.2. The van der Waals surface area contributed by atoms with Crippen molar-refractivity contribution in [3.63, 3.8) is 0 Å². The van der Waals surface area contributed by atoms with Crippen LogP contribution >= 0.6 is 0 Å². The van der Waals surface area contributed by atoms with E-state index in [0.29, 0.717) is 0 Å². The van der Waals surface area contributed by atoms with Gasteiger partial charge in [0.2, 0.25) is 0 Å².